The van der Waals surface area contributed by atoms with Crippen LogP contribution >= 0.6 is 0 Å². The van der Waals surface area contributed by atoms with Crippen molar-refractivity contribution in [3.8, 4) is 0 Å². The van der Waals surface area contributed by atoms with E-state index in [1.54, 1.807) is 0 Å². The smallest absolute Gasteiger partial charge is 0.203 e. The summed E-state index contributed by atoms with van der Waals surface area (Å²) in [5.74, 6) is 2.85. The van der Waals surface area contributed by atoms with Crippen molar-refractivity contribution in [1.29, 1.82) is 0 Å². The van der Waals surface area contributed by atoms with Gasteiger partial charge in [-0.3, -0.25) is 0 Å². The predicted octanol–water partition coefficient (Wildman–Crippen LogP) is 3.13. The fraction of sp³-hybridized carbons (Fsp3) is 0.267. The Labute approximate surface area is 112 Å². The Kier molecular flexibility index (Phi) is 2.99. The monoisotopic (exact) mass is 255 g/mol. The number of para-hydroxylation sites is 2. The maximum Gasteiger partial charge on any atom is 0.203 e. The van der Waals surface area contributed by atoms with Crippen LogP contribution < -0.4 is 5.32 Å². The molecular formula is C15H17N3O. The highest BCUT2D eigenvalue weighted by Gasteiger charge is 2.06. The summed E-state index contributed by atoms with van der Waals surface area (Å²) >= 11 is 0. The molecule has 4 heteroatoms. The van der Waals surface area contributed by atoms with E-state index in [4.69, 9.17) is 4.42 Å². The molecule has 0 atom stereocenters. The van der Waals surface area contributed by atoms with Crippen LogP contribution in [0.3, 0.4) is 0 Å². The predicted molar refractivity (Wildman–Crippen MR) is 76.4 cm³/mol. The van der Waals surface area contributed by atoms with E-state index in [0.717, 1.165) is 41.5 Å². The standard InChI is InChI=1S/C15H17N3O/c1-11-7-8-12(19-11)9-10-16-15-17-13-5-3-4-6-14(13)18(15)2/h3-8H,9-10H2,1-2H3,(H,16,17). The van der Waals surface area contributed by atoms with E-state index < -0.39 is 0 Å². The number of hydrogen-bond acceptors (Lipinski definition) is 3. The van der Waals surface area contributed by atoms with Crippen molar-refractivity contribution in [1.82, 2.24) is 9.55 Å². The molecule has 1 N–H and O–H groups in total. The molecule has 2 heterocycles. The second-order valence-electron chi connectivity index (χ2n) is 4.67. The van der Waals surface area contributed by atoms with Crippen molar-refractivity contribution in [3.63, 3.8) is 0 Å². The van der Waals surface area contributed by atoms with E-state index in [9.17, 15) is 0 Å². The normalized spacial score (nSPS) is 11.1. The molecule has 1 aromatic carbocycles. The molecule has 3 rings (SSSR count). The van der Waals surface area contributed by atoms with E-state index in [0.29, 0.717) is 0 Å². The molecule has 2 aromatic heterocycles. The van der Waals surface area contributed by atoms with E-state index in [2.05, 4.69) is 20.9 Å². The van der Waals surface area contributed by atoms with Crippen LogP contribution in [0.1, 0.15) is 11.5 Å². The number of fused-ring (bicyclic) bond motifs is 1. The van der Waals surface area contributed by atoms with Gasteiger partial charge in [0.1, 0.15) is 11.5 Å². The minimum atomic E-state index is 0.810. The zero-order valence-corrected chi connectivity index (χ0v) is 11.2. The van der Waals surface area contributed by atoms with E-state index in [1.807, 2.05) is 44.3 Å². The number of nitrogens with one attached hydrogen (secondary N) is 1. The number of benzene rings is 1. The summed E-state index contributed by atoms with van der Waals surface area (Å²) in [6.07, 6.45) is 0.858. The van der Waals surface area contributed by atoms with Crippen molar-refractivity contribution < 1.29 is 4.42 Å². The molecule has 4 nitrogen and oxygen atoms in total. The largest absolute Gasteiger partial charge is 0.466 e. The lowest BCUT2D eigenvalue weighted by Crippen LogP contribution is -2.08. The van der Waals surface area contributed by atoms with Gasteiger partial charge in [-0.25, -0.2) is 4.98 Å². The summed E-state index contributed by atoms with van der Waals surface area (Å²) in [5.41, 5.74) is 2.15. The molecule has 0 radical (unpaired) electrons. The zero-order valence-electron chi connectivity index (χ0n) is 11.2. The molecule has 19 heavy (non-hydrogen) atoms. The highest BCUT2D eigenvalue weighted by molar-refractivity contribution is 5.78. The quantitative estimate of drug-likeness (QED) is 0.779. The first-order valence-corrected chi connectivity index (χ1v) is 6.45. The van der Waals surface area contributed by atoms with Gasteiger partial charge in [-0.2, -0.15) is 0 Å². The Hall–Kier alpha value is -2.23. The number of furan rings is 1. The molecule has 0 fully saturated rings. The molecular weight excluding hydrogens is 238 g/mol. The Morgan fingerprint density at radius 2 is 2.05 bits per heavy atom. The molecule has 0 spiro atoms. The second-order valence-corrected chi connectivity index (χ2v) is 4.67. The Morgan fingerprint density at radius 3 is 2.79 bits per heavy atom. The third-order valence-corrected chi connectivity index (χ3v) is 3.24. The lowest BCUT2D eigenvalue weighted by molar-refractivity contribution is 0.486. The number of nitrogens with zero attached hydrogens (tertiary/aromatic N) is 2. The Morgan fingerprint density at radius 1 is 1.21 bits per heavy atom. The average Bonchev–Trinajstić information content (AvgIpc) is 2.96. The van der Waals surface area contributed by atoms with Gasteiger partial charge in [0, 0.05) is 20.0 Å². The van der Waals surface area contributed by atoms with Crippen LogP contribution in [0.15, 0.2) is 40.8 Å². The maximum absolute atomic E-state index is 5.54. The highest BCUT2D eigenvalue weighted by Crippen LogP contribution is 2.17. The molecule has 0 bridgehead atoms. The van der Waals surface area contributed by atoms with Crippen LogP contribution in [0.5, 0.6) is 0 Å². The molecule has 0 amide bonds. The fourth-order valence-electron chi connectivity index (χ4n) is 2.22. The fourth-order valence-corrected chi connectivity index (χ4v) is 2.22. The van der Waals surface area contributed by atoms with Crippen molar-refractivity contribution in [2.75, 3.05) is 11.9 Å². The molecule has 0 saturated heterocycles. The van der Waals surface area contributed by atoms with Gasteiger partial charge in [0.2, 0.25) is 5.95 Å². The molecule has 3 aromatic rings. The van der Waals surface area contributed by atoms with Crippen LogP contribution in [0.2, 0.25) is 0 Å². The summed E-state index contributed by atoms with van der Waals surface area (Å²) < 4.78 is 7.62. The summed E-state index contributed by atoms with van der Waals surface area (Å²) in [5, 5.41) is 3.35. The van der Waals surface area contributed by atoms with Crippen LogP contribution in [-0.2, 0) is 13.5 Å². The Balaban J connectivity index is 1.70. The first kappa shape index (κ1) is 11.8. The molecule has 0 aliphatic rings. The van der Waals surface area contributed by atoms with Crippen LogP contribution in [0.4, 0.5) is 5.95 Å². The third kappa shape index (κ3) is 2.34. The van der Waals surface area contributed by atoms with Crippen LogP contribution in [0, 0.1) is 6.92 Å². The maximum atomic E-state index is 5.54. The molecule has 0 saturated carbocycles. The van der Waals surface area contributed by atoms with Gasteiger partial charge >= 0.3 is 0 Å². The lowest BCUT2D eigenvalue weighted by Gasteiger charge is -2.04. The molecule has 98 valence electrons. The highest BCUT2D eigenvalue weighted by atomic mass is 16.3. The summed E-state index contributed by atoms with van der Waals surface area (Å²) in [6, 6.07) is 12.1. The average molecular weight is 255 g/mol. The van der Waals surface area contributed by atoms with Gasteiger partial charge in [0.25, 0.3) is 0 Å². The third-order valence-electron chi connectivity index (χ3n) is 3.24. The van der Waals surface area contributed by atoms with E-state index in [-0.39, 0.29) is 0 Å². The number of anilines is 1. The van der Waals surface area contributed by atoms with Crippen molar-refractivity contribution >= 4 is 17.0 Å². The Bertz CT molecular complexity index is 696. The number of aryl methyl sites for hydroxylation is 2. The first-order chi connectivity index (χ1) is 9.24. The number of hydrogen-bond donors (Lipinski definition) is 1. The summed E-state index contributed by atoms with van der Waals surface area (Å²) in [4.78, 5) is 4.57. The van der Waals surface area contributed by atoms with Gasteiger partial charge in [-0.1, -0.05) is 12.1 Å². The SMILES string of the molecule is Cc1ccc(CCNc2nc3ccccc3n2C)o1. The molecule has 0 unspecified atom stereocenters. The second kappa shape index (κ2) is 4.80. The molecule has 0 aliphatic carbocycles. The topological polar surface area (TPSA) is 43.0 Å². The van der Waals surface area contributed by atoms with Gasteiger partial charge in [-0.05, 0) is 31.2 Å². The summed E-state index contributed by atoms with van der Waals surface area (Å²) in [7, 11) is 2.02. The van der Waals surface area contributed by atoms with Crippen molar-refractivity contribution in [2.45, 2.75) is 13.3 Å². The number of imidazole rings is 1. The lowest BCUT2D eigenvalue weighted by atomic mass is 10.3. The zero-order chi connectivity index (χ0) is 13.2. The van der Waals surface area contributed by atoms with Crippen molar-refractivity contribution in [2.24, 2.45) is 7.05 Å². The van der Waals surface area contributed by atoms with E-state index >= 15 is 0 Å². The molecule has 0 aliphatic heterocycles. The first-order valence-electron chi connectivity index (χ1n) is 6.45. The minimum Gasteiger partial charge on any atom is -0.466 e. The van der Waals surface area contributed by atoms with Gasteiger partial charge in [-0.15, -0.1) is 0 Å². The van der Waals surface area contributed by atoms with Gasteiger partial charge in [0.15, 0.2) is 0 Å². The number of rotatable bonds is 4. The minimum absolute atomic E-state index is 0.810. The van der Waals surface area contributed by atoms with Crippen LogP contribution in [-0.4, -0.2) is 16.1 Å². The van der Waals surface area contributed by atoms with E-state index in [1.165, 1.54) is 0 Å². The van der Waals surface area contributed by atoms with Crippen LogP contribution in [0.25, 0.3) is 11.0 Å². The summed E-state index contributed by atoms with van der Waals surface area (Å²) in [6.45, 7) is 2.77. The van der Waals surface area contributed by atoms with Crippen molar-refractivity contribution in [3.05, 3.63) is 47.9 Å². The van der Waals surface area contributed by atoms with Gasteiger partial charge in [0.05, 0.1) is 11.0 Å². The number of aromatic nitrogens is 2. The van der Waals surface area contributed by atoms with Gasteiger partial charge < -0.3 is 14.3 Å².